The van der Waals surface area contributed by atoms with Gasteiger partial charge in [-0.15, -0.1) is 0 Å². The lowest BCUT2D eigenvalue weighted by Crippen LogP contribution is -2.67. The molecule has 170 valence electrons. The van der Waals surface area contributed by atoms with E-state index in [1.807, 2.05) is 18.2 Å². The summed E-state index contributed by atoms with van der Waals surface area (Å²) in [7, 11) is 0. The first-order valence-corrected chi connectivity index (χ1v) is 10.3. The number of hydrogen-bond acceptors (Lipinski definition) is 10. The van der Waals surface area contributed by atoms with Crippen molar-refractivity contribution in [2.45, 2.75) is 74.0 Å². The fourth-order valence-electron chi connectivity index (χ4n) is 3.86. The first-order chi connectivity index (χ1) is 14.2. The summed E-state index contributed by atoms with van der Waals surface area (Å²) >= 11 is 6.14. The summed E-state index contributed by atoms with van der Waals surface area (Å²) in [6.45, 7) is 0.610. The molecule has 0 unspecified atom stereocenters. The Labute approximate surface area is 179 Å². The Hall–Kier alpha value is -0.890. The highest BCUT2D eigenvalue weighted by Crippen LogP contribution is 2.27. The fourth-order valence-corrected chi connectivity index (χ4v) is 4.06. The third kappa shape index (κ3) is 5.12. The van der Waals surface area contributed by atoms with Crippen LogP contribution in [-0.4, -0.2) is 88.0 Å². The number of hydrogen-bond donors (Lipinski definition) is 8. The van der Waals surface area contributed by atoms with Crippen LogP contribution < -0.4 is 22.5 Å². The number of benzene rings is 1. The van der Waals surface area contributed by atoms with Crippen LogP contribution in [0.25, 0.3) is 0 Å². The molecule has 11 N–H and O–H groups in total. The summed E-state index contributed by atoms with van der Waals surface area (Å²) in [5.41, 5.74) is 18.6. The Kier molecular flexibility index (Phi) is 8.04. The molecular weight excluding hydrogens is 416 g/mol. The van der Waals surface area contributed by atoms with E-state index in [9.17, 15) is 20.4 Å². The van der Waals surface area contributed by atoms with E-state index in [0.717, 1.165) is 5.56 Å². The van der Waals surface area contributed by atoms with Crippen LogP contribution in [0.3, 0.4) is 0 Å². The van der Waals surface area contributed by atoms with E-state index in [0.29, 0.717) is 11.6 Å². The summed E-state index contributed by atoms with van der Waals surface area (Å²) in [6, 6.07) is 4.92. The number of ether oxygens (including phenoxy) is 2. The number of nitrogens with two attached hydrogens (primary N) is 3. The molecule has 1 heterocycles. The minimum Gasteiger partial charge on any atom is -0.389 e. The summed E-state index contributed by atoms with van der Waals surface area (Å²) < 4.78 is 11.5. The highest BCUT2D eigenvalue weighted by molar-refractivity contribution is 6.31. The van der Waals surface area contributed by atoms with Crippen molar-refractivity contribution >= 4 is 11.6 Å². The fraction of sp³-hybridized carbons (Fsp3) is 0.684. The van der Waals surface area contributed by atoms with Crippen molar-refractivity contribution in [1.82, 2.24) is 5.32 Å². The first kappa shape index (κ1) is 23.8. The molecule has 1 aromatic carbocycles. The van der Waals surface area contributed by atoms with Gasteiger partial charge < -0.3 is 52.4 Å². The molecule has 1 aliphatic heterocycles. The van der Waals surface area contributed by atoms with Gasteiger partial charge in [0, 0.05) is 30.2 Å². The van der Waals surface area contributed by atoms with E-state index in [2.05, 4.69) is 5.32 Å². The van der Waals surface area contributed by atoms with Crippen LogP contribution in [-0.2, 0) is 16.0 Å². The normalized spacial score (nSPS) is 42.3. The quantitative estimate of drug-likeness (QED) is 0.229. The maximum Gasteiger partial charge on any atom is 0.176 e. The molecule has 10 atom stereocenters. The largest absolute Gasteiger partial charge is 0.389 e. The van der Waals surface area contributed by atoms with Crippen LogP contribution in [0.15, 0.2) is 24.3 Å². The van der Waals surface area contributed by atoms with Gasteiger partial charge in [-0.25, -0.2) is 0 Å². The zero-order valence-electron chi connectivity index (χ0n) is 16.4. The van der Waals surface area contributed by atoms with Crippen molar-refractivity contribution in [3.63, 3.8) is 0 Å². The lowest BCUT2D eigenvalue weighted by Gasteiger charge is -2.46. The maximum atomic E-state index is 10.4. The average Bonchev–Trinajstić information content (AvgIpc) is 2.72. The van der Waals surface area contributed by atoms with Crippen molar-refractivity contribution in [3.05, 3.63) is 34.9 Å². The Balaban J connectivity index is 1.62. The van der Waals surface area contributed by atoms with Crippen LogP contribution in [0.5, 0.6) is 0 Å². The molecule has 10 nitrogen and oxygen atoms in total. The van der Waals surface area contributed by atoms with E-state index < -0.39 is 61.0 Å². The predicted molar refractivity (Wildman–Crippen MR) is 109 cm³/mol. The summed E-state index contributed by atoms with van der Waals surface area (Å²) in [5, 5.41) is 44.8. The second kappa shape index (κ2) is 10.2. The van der Waals surface area contributed by atoms with Crippen molar-refractivity contribution in [1.29, 1.82) is 0 Å². The molecule has 11 heteroatoms. The van der Waals surface area contributed by atoms with Crippen molar-refractivity contribution < 1.29 is 29.9 Å². The predicted octanol–water partition coefficient (Wildman–Crippen LogP) is -2.63. The van der Waals surface area contributed by atoms with Gasteiger partial charge in [0.05, 0.1) is 12.1 Å². The van der Waals surface area contributed by atoms with Gasteiger partial charge >= 0.3 is 0 Å². The van der Waals surface area contributed by atoms with Crippen molar-refractivity contribution in [2.75, 3.05) is 6.54 Å². The van der Waals surface area contributed by atoms with Crippen LogP contribution in [0.2, 0.25) is 5.02 Å². The number of rotatable bonds is 6. The van der Waals surface area contributed by atoms with Crippen molar-refractivity contribution in [2.24, 2.45) is 17.2 Å². The molecule has 30 heavy (non-hydrogen) atoms. The molecule has 0 aromatic heterocycles. The molecule has 1 saturated heterocycles. The van der Waals surface area contributed by atoms with Crippen LogP contribution >= 0.6 is 11.6 Å². The van der Waals surface area contributed by atoms with Gasteiger partial charge in [-0.2, -0.15) is 0 Å². The van der Waals surface area contributed by atoms with Gasteiger partial charge in [0.2, 0.25) is 0 Å². The molecule has 0 bridgehead atoms. The number of aliphatic hydroxyl groups excluding tert-OH is 4. The average molecular weight is 447 g/mol. The number of aliphatic hydroxyl groups is 4. The SMILES string of the molecule is N[C@H]1[C@@H](O[C@H]2[C@H](O)[C@@H](O)[C@H](N)C[C@@H]2N)O[C@H](CNCc2ccccc2Cl)[C@@H](O)[C@@H]1O. The van der Waals surface area contributed by atoms with E-state index in [-0.39, 0.29) is 13.0 Å². The number of halogens is 1. The molecule has 0 spiro atoms. The smallest absolute Gasteiger partial charge is 0.176 e. The second-order valence-corrected chi connectivity index (χ2v) is 8.38. The van der Waals surface area contributed by atoms with Gasteiger partial charge in [-0.3, -0.25) is 0 Å². The third-order valence-corrected chi connectivity index (χ3v) is 6.12. The van der Waals surface area contributed by atoms with Gasteiger partial charge in [0.15, 0.2) is 6.29 Å². The third-order valence-electron chi connectivity index (χ3n) is 5.75. The molecule has 1 aromatic rings. The Morgan fingerprint density at radius 1 is 1.00 bits per heavy atom. The summed E-state index contributed by atoms with van der Waals surface area (Å²) in [4.78, 5) is 0. The van der Waals surface area contributed by atoms with E-state index in [1.54, 1.807) is 6.07 Å². The molecule has 0 radical (unpaired) electrons. The Bertz CT molecular complexity index is 703. The van der Waals surface area contributed by atoms with Crippen LogP contribution in [0, 0.1) is 0 Å². The molecular formula is C19H31ClN4O6. The van der Waals surface area contributed by atoms with Gasteiger partial charge in [-0.05, 0) is 18.1 Å². The van der Waals surface area contributed by atoms with Crippen molar-refractivity contribution in [3.8, 4) is 0 Å². The molecule has 2 fully saturated rings. The van der Waals surface area contributed by atoms with Crippen LogP contribution in [0.4, 0.5) is 0 Å². The minimum absolute atomic E-state index is 0.183. The summed E-state index contributed by atoms with van der Waals surface area (Å²) in [6.07, 6.45) is -7.85. The maximum absolute atomic E-state index is 10.4. The first-order valence-electron chi connectivity index (χ1n) is 9.94. The van der Waals surface area contributed by atoms with Crippen LogP contribution in [0.1, 0.15) is 12.0 Å². The second-order valence-electron chi connectivity index (χ2n) is 7.97. The molecule has 1 aliphatic carbocycles. The zero-order valence-corrected chi connectivity index (χ0v) is 17.2. The lowest BCUT2D eigenvalue weighted by molar-refractivity contribution is -0.288. The van der Waals surface area contributed by atoms with Gasteiger partial charge in [0.25, 0.3) is 0 Å². The zero-order chi connectivity index (χ0) is 22.0. The lowest BCUT2D eigenvalue weighted by atomic mass is 9.84. The van der Waals surface area contributed by atoms with Gasteiger partial charge in [0.1, 0.15) is 30.5 Å². The minimum atomic E-state index is -1.33. The standard InChI is InChI=1S/C19H31ClN4O6/c20-9-4-2-1-3-8(9)6-24-7-12-15(26)16(27)13(23)19(29-12)30-18-11(22)5-10(21)14(25)17(18)28/h1-4,10-19,24-28H,5-7,21-23H2/t10-,11+,12-,13-,14+,15-,16-,17-,18-,19-/m1/s1. The molecule has 0 amide bonds. The van der Waals surface area contributed by atoms with E-state index in [1.165, 1.54) is 0 Å². The topological polar surface area (TPSA) is 189 Å². The Morgan fingerprint density at radius 2 is 1.70 bits per heavy atom. The number of nitrogens with one attached hydrogen (secondary N) is 1. The Morgan fingerprint density at radius 3 is 2.40 bits per heavy atom. The monoisotopic (exact) mass is 446 g/mol. The van der Waals surface area contributed by atoms with Gasteiger partial charge in [-0.1, -0.05) is 29.8 Å². The highest BCUT2D eigenvalue weighted by atomic mass is 35.5. The van der Waals surface area contributed by atoms with E-state index >= 15 is 0 Å². The highest BCUT2D eigenvalue weighted by Gasteiger charge is 2.48. The summed E-state index contributed by atoms with van der Waals surface area (Å²) in [5.74, 6) is 0. The molecule has 1 saturated carbocycles. The molecule has 2 aliphatic rings. The molecule has 3 rings (SSSR count). The van der Waals surface area contributed by atoms with E-state index in [4.69, 9.17) is 38.3 Å².